The molecular formula is C19H20ClN3O4. The molecule has 2 aromatic carbocycles. The maximum absolute atomic E-state index is 12.3. The average molecular weight is 390 g/mol. The zero-order valence-corrected chi connectivity index (χ0v) is 15.9. The minimum Gasteiger partial charge on any atom is -0.465 e. The van der Waals surface area contributed by atoms with Crippen molar-refractivity contribution in [1.82, 2.24) is 0 Å². The summed E-state index contributed by atoms with van der Waals surface area (Å²) in [7, 11) is 1.29. The fraction of sp³-hybridized carbons (Fsp3) is 0.211. The minimum absolute atomic E-state index is 0.0607. The van der Waals surface area contributed by atoms with E-state index in [9.17, 15) is 14.4 Å². The van der Waals surface area contributed by atoms with E-state index >= 15 is 0 Å². The highest BCUT2D eigenvalue weighted by atomic mass is 35.5. The van der Waals surface area contributed by atoms with Gasteiger partial charge in [0.1, 0.15) is 0 Å². The molecule has 0 radical (unpaired) electrons. The Balaban J connectivity index is 2.08. The molecule has 8 heteroatoms. The molecule has 0 aliphatic carbocycles. The average Bonchev–Trinajstić information content (AvgIpc) is 2.62. The van der Waals surface area contributed by atoms with Crippen LogP contribution in [0.1, 0.15) is 22.8 Å². The molecule has 0 bridgehead atoms. The van der Waals surface area contributed by atoms with Gasteiger partial charge in [0.05, 0.1) is 30.6 Å². The largest absolute Gasteiger partial charge is 0.465 e. The van der Waals surface area contributed by atoms with Crippen molar-refractivity contribution in [2.75, 3.05) is 29.6 Å². The van der Waals surface area contributed by atoms with Crippen molar-refractivity contribution in [3.63, 3.8) is 0 Å². The van der Waals surface area contributed by atoms with Crippen LogP contribution in [-0.2, 0) is 14.3 Å². The summed E-state index contributed by atoms with van der Waals surface area (Å²) >= 11 is 5.98. The van der Waals surface area contributed by atoms with Gasteiger partial charge in [0.2, 0.25) is 11.8 Å². The number of nitrogens with one attached hydrogen (secondary N) is 3. The molecule has 0 fully saturated rings. The van der Waals surface area contributed by atoms with Gasteiger partial charge in [-0.15, -0.1) is 0 Å². The third-order valence-electron chi connectivity index (χ3n) is 3.66. The summed E-state index contributed by atoms with van der Waals surface area (Å²) in [4.78, 5) is 35.2. The molecule has 0 spiro atoms. The molecule has 27 heavy (non-hydrogen) atoms. The Kier molecular flexibility index (Phi) is 6.79. The highest BCUT2D eigenvalue weighted by Gasteiger charge is 2.11. The van der Waals surface area contributed by atoms with Crippen LogP contribution >= 0.6 is 11.6 Å². The summed E-state index contributed by atoms with van der Waals surface area (Å²) in [5.74, 6) is -1.04. The zero-order chi connectivity index (χ0) is 20.0. The van der Waals surface area contributed by atoms with Crippen molar-refractivity contribution in [3.05, 3.63) is 52.5 Å². The van der Waals surface area contributed by atoms with Gasteiger partial charge in [-0.25, -0.2) is 4.79 Å². The van der Waals surface area contributed by atoms with Gasteiger partial charge in [-0.1, -0.05) is 17.7 Å². The van der Waals surface area contributed by atoms with E-state index in [0.717, 1.165) is 5.56 Å². The molecule has 2 rings (SSSR count). The smallest absolute Gasteiger partial charge is 0.337 e. The van der Waals surface area contributed by atoms with Crippen molar-refractivity contribution in [2.45, 2.75) is 13.8 Å². The van der Waals surface area contributed by atoms with E-state index in [1.807, 2.05) is 6.92 Å². The predicted octanol–water partition coefficient (Wildman–Crippen LogP) is 3.44. The summed E-state index contributed by atoms with van der Waals surface area (Å²) in [5, 5.41) is 8.82. The van der Waals surface area contributed by atoms with Crippen molar-refractivity contribution < 1.29 is 19.1 Å². The van der Waals surface area contributed by atoms with E-state index < -0.39 is 5.97 Å². The van der Waals surface area contributed by atoms with Crippen LogP contribution in [0.4, 0.5) is 17.1 Å². The third kappa shape index (κ3) is 5.72. The van der Waals surface area contributed by atoms with Gasteiger partial charge in [-0.05, 0) is 42.8 Å². The summed E-state index contributed by atoms with van der Waals surface area (Å²) in [6.07, 6.45) is 0. The Bertz CT molecular complexity index is 883. The molecule has 2 amide bonds. The molecule has 142 valence electrons. The number of rotatable bonds is 6. The first-order valence-electron chi connectivity index (χ1n) is 8.10. The Morgan fingerprint density at radius 2 is 1.74 bits per heavy atom. The number of carbonyl (C=O) groups excluding carboxylic acids is 3. The molecule has 0 saturated carbocycles. The number of methoxy groups -OCH3 is 1. The van der Waals surface area contributed by atoms with Gasteiger partial charge in [-0.3, -0.25) is 9.59 Å². The second kappa shape index (κ2) is 9.05. The monoisotopic (exact) mass is 389 g/mol. The van der Waals surface area contributed by atoms with Crippen molar-refractivity contribution in [1.29, 1.82) is 0 Å². The molecule has 2 aromatic rings. The molecule has 3 N–H and O–H groups in total. The van der Waals surface area contributed by atoms with Crippen molar-refractivity contribution in [2.24, 2.45) is 0 Å². The van der Waals surface area contributed by atoms with Crippen LogP contribution in [0.3, 0.4) is 0 Å². The summed E-state index contributed by atoms with van der Waals surface area (Å²) in [6.45, 7) is 3.15. The van der Waals surface area contributed by atoms with E-state index in [2.05, 4.69) is 20.7 Å². The molecule has 0 aliphatic rings. The van der Waals surface area contributed by atoms with Crippen molar-refractivity contribution >= 4 is 46.4 Å². The number of ether oxygens (including phenoxy) is 1. The van der Waals surface area contributed by atoms with Crippen molar-refractivity contribution in [3.8, 4) is 0 Å². The number of hydrogen-bond acceptors (Lipinski definition) is 5. The first kappa shape index (κ1) is 20.3. The molecular weight excluding hydrogens is 370 g/mol. The molecule has 0 aromatic heterocycles. The quantitative estimate of drug-likeness (QED) is 0.657. The Morgan fingerprint density at radius 1 is 1.00 bits per heavy atom. The molecule has 0 aliphatic heterocycles. The lowest BCUT2D eigenvalue weighted by Crippen LogP contribution is -2.23. The van der Waals surface area contributed by atoms with Crippen LogP contribution in [0.2, 0.25) is 5.02 Å². The SMILES string of the molecule is COC(=O)c1ccc(C)c(NC(=O)CNc2cc(Cl)ccc2NC(C)=O)c1. The number of anilines is 3. The van der Waals surface area contributed by atoms with Gasteiger partial charge >= 0.3 is 5.97 Å². The lowest BCUT2D eigenvalue weighted by Gasteiger charge is -2.14. The molecule has 7 nitrogen and oxygen atoms in total. The number of aryl methyl sites for hydroxylation is 1. The topological polar surface area (TPSA) is 96.5 Å². The normalized spacial score (nSPS) is 10.1. The van der Waals surface area contributed by atoms with Gasteiger partial charge in [0, 0.05) is 17.6 Å². The van der Waals surface area contributed by atoms with Crippen LogP contribution < -0.4 is 16.0 Å². The van der Waals surface area contributed by atoms with Crippen LogP contribution in [0.15, 0.2) is 36.4 Å². The number of benzene rings is 2. The fourth-order valence-electron chi connectivity index (χ4n) is 2.33. The maximum Gasteiger partial charge on any atom is 0.337 e. The predicted molar refractivity (Wildman–Crippen MR) is 105 cm³/mol. The number of carbonyl (C=O) groups is 3. The van der Waals surface area contributed by atoms with E-state index in [-0.39, 0.29) is 18.4 Å². The number of hydrogen-bond donors (Lipinski definition) is 3. The van der Waals surface area contributed by atoms with E-state index in [4.69, 9.17) is 11.6 Å². The highest BCUT2D eigenvalue weighted by molar-refractivity contribution is 6.31. The van der Waals surface area contributed by atoms with Crippen LogP contribution in [0, 0.1) is 6.92 Å². The summed E-state index contributed by atoms with van der Waals surface area (Å²) in [5.41, 5.74) is 2.70. The number of halogens is 1. The minimum atomic E-state index is -0.484. The Hall–Kier alpha value is -3.06. The zero-order valence-electron chi connectivity index (χ0n) is 15.2. The summed E-state index contributed by atoms with van der Waals surface area (Å²) in [6, 6.07) is 9.81. The van der Waals surface area contributed by atoms with Gasteiger partial charge in [0.25, 0.3) is 0 Å². The Labute approximate surface area is 162 Å². The van der Waals surface area contributed by atoms with Crippen LogP contribution in [-0.4, -0.2) is 31.4 Å². The molecule has 0 saturated heterocycles. The number of esters is 1. The highest BCUT2D eigenvalue weighted by Crippen LogP contribution is 2.25. The molecule has 0 unspecified atom stereocenters. The Morgan fingerprint density at radius 3 is 2.41 bits per heavy atom. The fourth-order valence-corrected chi connectivity index (χ4v) is 2.50. The molecule has 0 atom stereocenters. The van der Waals surface area contributed by atoms with E-state index in [1.54, 1.807) is 36.4 Å². The first-order valence-corrected chi connectivity index (χ1v) is 8.47. The van der Waals surface area contributed by atoms with Crippen LogP contribution in [0.5, 0.6) is 0 Å². The van der Waals surface area contributed by atoms with Gasteiger partial charge in [-0.2, -0.15) is 0 Å². The maximum atomic E-state index is 12.3. The third-order valence-corrected chi connectivity index (χ3v) is 3.90. The van der Waals surface area contributed by atoms with Gasteiger partial charge in [0.15, 0.2) is 0 Å². The standard InChI is InChI=1S/C19H20ClN3O4/c1-11-4-5-13(19(26)27-3)8-16(11)23-18(25)10-21-17-9-14(20)6-7-15(17)22-12(2)24/h4-9,21H,10H2,1-3H3,(H,22,24)(H,23,25). The second-order valence-corrected chi connectivity index (χ2v) is 6.23. The van der Waals surface area contributed by atoms with Crippen LogP contribution in [0.25, 0.3) is 0 Å². The molecule has 0 heterocycles. The van der Waals surface area contributed by atoms with E-state index in [0.29, 0.717) is 27.6 Å². The summed E-state index contributed by atoms with van der Waals surface area (Å²) < 4.78 is 4.69. The van der Waals surface area contributed by atoms with Gasteiger partial charge < -0.3 is 20.7 Å². The lowest BCUT2D eigenvalue weighted by atomic mass is 10.1. The van der Waals surface area contributed by atoms with E-state index in [1.165, 1.54) is 14.0 Å². The lowest BCUT2D eigenvalue weighted by molar-refractivity contribution is -0.115. The second-order valence-electron chi connectivity index (χ2n) is 5.79. The first-order chi connectivity index (χ1) is 12.8. The number of amides is 2.